The molecule has 0 aromatic heterocycles. The average molecular weight is 231 g/mol. The van der Waals surface area contributed by atoms with Crippen LogP contribution in [0.3, 0.4) is 0 Å². The zero-order valence-electron chi connectivity index (χ0n) is 11.2. The SMILES string of the molecule is CCCNC(CCc1ccccc1)C1CC1C. The van der Waals surface area contributed by atoms with Crippen molar-refractivity contribution in [1.82, 2.24) is 5.32 Å². The maximum atomic E-state index is 3.73. The molecule has 1 aliphatic carbocycles. The molecule has 1 saturated carbocycles. The van der Waals surface area contributed by atoms with Crippen molar-refractivity contribution in [2.75, 3.05) is 6.54 Å². The minimum absolute atomic E-state index is 0.741. The van der Waals surface area contributed by atoms with Crippen LogP contribution in [0, 0.1) is 11.8 Å². The second-order valence-corrected chi connectivity index (χ2v) is 5.46. The van der Waals surface area contributed by atoms with Crippen molar-refractivity contribution in [2.45, 2.75) is 45.6 Å². The molecule has 1 aromatic rings. The Morgan fingerprint density at radius 3 is 2.59 bits per heavy atom. The highest BCUT2D eigenvalue weighted by molar-refractivity contribution is 5.15. The van der Waals surface area contributed by atoms with Gasteiger partial charge in [-0.2, -0.15) is 0 Å². The van der Waals surface area contributed by atoms with Gasteiger partial charge in [0.15, 0.2) is 0 Å². The third-order valence-electron chi connectivity index (χ3n) is 3.93. The Labute approximate surface area is 106 Å². The summed E-state index contributed by atoms with van der Waals surface area (Å²) in [5.74, 6) is 1.88. The van der Waals surface area contributed by atoms with E-state index < -0.39 is 0 Å². The van der Waals surface area contributed by atoms with Crippen LogP contribution in [0.4, 0.5) is 0 Å². The Hall–Kier alpha value is -0.820. The molecule has 0 bridgehead atoms. The molecule has 94 valence electrons. The first-order chi connectivity index (χ1) is 8.31. The van der Waals surface area contributed by atoms with Crippen molar-refractivity contribution in [2.24, 2.45) is 11.8 Å². The van der Waals surface area contributed by atoms with Crippen LogP contribution in [-0.2, 0) is 6.42 Å². The molecule has 0 amide bonds. The van der Waals surface area contributed by atoms with E-state index in [-0.39, 0.29) is 0 Å². The molecule has 3 atom stereocenters. The molecule has 1 nitrogen and oxygen atoms in total. The van der Waals surface area contributed by atoms with Crippen LogP contribution in [0.2, 0.25) is 0 Å². The molecule has 2 rings (SSSR count). The fourth-order valence-electron chi connectivity index (χ4n) is 2.68. The highest BCUT2D eigenvalue weighted by Crippen LogP contribution is 2.41. The Morgan fingerprint density at radius 1 is 1.29 bits per heavy atom. The quantitative estimate of drug-likeness (QED) is 0.755. The Balaban J connectivity index is 1.81. The lowest BCUT2D eigenvalue weighted by atomic mass is 10.0. The summed E-state index contributed by atoms with van der Waals surface area (Å²) < 4.78 is 0. The minimum atomic E-state index is 0.741. The van der Waals surface area contributed by atoms with E-state index in [2.05, 4.69) is 49.5 Å². The van der Waals surface area contributed by atoms with E-state index in [9.17, 15) is 0 Å². The lowest BCUT2D eigenvalue weighted by Gasteiger charge is -2.18. The van der Waals surface area contributed by atoms with Crippen molar-refractivity contribution in [3.63, 3.8) is 0 Å². The molecule has 1 fully saturated rings. The van der Waals surface area contributed by atoms with Gasteiger partial charge in [0.1, 0.15) is 0 Å². The summed E-state index contributed by atoms with van der Waals surface area (Å²) in [7, 11) is 0. The second-order valence-electron chi connectivity index (χ2n) is 5.46. The Kier molecular flexibility index (Phi) is 4.61. The number of benzene rings is 1. The van der Waals surface area contributed by atoms with Gasteiger partial charge < -0.3 is 5.32 Å². The Morgan fingerprint density at radius 2 is 2.00 bits per heavy atom. The highest BCUT2D eigenvalue weighted by Gasteiger charge is 2.38. The number of aryl methyl sites for hydroxylation is 1. The first kappa shape index (κ1) is 12.6. The highest BCUT2D eigenvalue weighted by atomic mass is 14.9. The fraction of sp³-hybridized carbons (Fsp3) is 0.625. The summed E-state index contributed by atoms with van der Waals surface area (Å²) in [4.78, 5) is 0. The molecule has 1 aliphatic rings. The normalized spacial score (nSPS) is 24.6. The predicted octanol–water partition coefficient (Wildman–Crippen LogP) is 3.64. The largest absolute Gasteiger partial charge is 0.314 e. The van der Waals surface area contributed by atoms with Gasteiger partial charge in [0.05, 0.1) is 0 Å². The molecule has 0 radical (unpaired) electrons. The van der Waals surface area contributed by atoms with E-state index in [1.54, 1.807) is 0 Å². The topological polar surface area (TPSA) is 12.0 Å². The third-order valence-corrected chi connectivity index (χ3v) is 3.93. The molecule has 3 unspecified atom stereocenters. The van der Waals surface area contributed by atoms with Gasteiger partial charge in [0.25, 0.3) is 0 Å². The van der Waals surface area contributed by atoms with Gasteiger partial charge in [-0.25, -0.2) is 0 Å². The van der Waals surface area contributed by atoms with Crippen LogP contribution in [0.1, 0.15) is 38.7 Å². The monoisotopic (exact) mass is 231 g/mol. The summed E-state index contributed by atoms with van der Waals surface area (Å²) in [6, 6.07) is 11.6. The van der Waals surface area contributed by atoms with Gasteiger partial charge >= 0.3 is 0 Å². The van der Waals surface area contributed by atoms with Crippen molar-refractivity contribution in [3.05, 3.63) is 35.9 Å². The van der Waals surface area contributed by atoms with Crippen molar-refractivity contribution in [1.29, 1.82) is 0 Å². The fourth-order valence-corrected chi connectivity index (χ4v) is 2.68. The predicted molar refractivity (Wildman–Crippen MR) is 74.1 cm³/mol. The van der Waals surface area contributed by atoms with Crippen LogP contribution in [0.15, 0.2) is 30.3 Å². The average Bonchev–Trinajstić information content (AvgIpc) is 3.08. The third kappa shape index (κ3) is 3.85. The van der Waals surface area contributed by atoms with Crippen LogP contribution in [0.25, 0.3) is 0 Å². The number of rotatable bonds is 7. The van der Waals surface area contributed by atoms with Gasteiger partial charge in [0.2, 0.25) is 0 Å². The number of nitrogens with one attached hydrogen (secondary N) is 1. The first-order valence-electron chi connectivity index (χ1n) is 7.08. The summed E-state index contributed by atoms with van der Waals surface area (Å²) in [5.41, 5.74) is 1.48. The van der Waals surface area contributed by atoms with E-state index in [1.807, 2.05) is 0 Å². The minimum Gasteiger partial charge on any atom is -0.314 e. The van der Waals surface area contributed by atoms with E-state index in [0.717, 1.165) is 17.9 Å². The Bertz CT molecular complexity index is 320. The molecule has 0 saturated heterocycles. The molecule has 1 N–H and O–H groups in total. The maximum absolute atomic E-state index is 3.73. The molecule has 0 aliphatic heterocycles. The van der Waals surface area contributed by atoms with E-state index in [0.29, 0.717) is 0 Å². The summed E-state index contributed by atoms with van der Waals surface area (Å²) >= 11 is 0. The van der Waals surface area contributed by atoms with Gasteiger partial charge in [0, 0.05) is 6.04 Å². The van der Waals surface area contributed by atoms with E-state index in [1.165, 1.54) is 37.8 Å². The lowest BCUT2D eigenvalue weighted by molar-refractivity contribution is 0.421. The van der Waals surface area contributed by atoms with Crippen LogP contribution in [-0.4, -0.2) is 12.6 Å². The van der Waals surface area contributed by atoms with Crippen LogP contribution in [0.5, 0.6) is 0 Å². The van der Waals surface area contributed by atoms with Crippen LogP contribution < -0.4 is 5.32 Å². The molecule has 0 spiro atoms. The molecule has 1 heteroatoms. The standard InChI is InChI=1S/C16H25N/c1-3-11-17-16(15-12-13(15)2)10-9-14-7-5-4-6-8-14/h4-8,13,15-17H,3,9-12H2,1-2H3. The van der Waals surface area contributed by atoms with Gasteiger partial charge in [-0.15, -0.1) is 0 Å². The number of hydrogen-bond donors (Lipinski definition) is 1. The smallest absolute Gasteiger partial charge is 0.0101 e. The zero-order chi connectivity index (χ0) is 12.1. The van der Waals surface area contributed by atoms with Crippen molar-refractivity contribution < 1.29 is 0 Å². The molecular formula is C16H25N. The summed E-state index contributed by atoms with van der Waals surface area (Å²) in [6.07, 6.45) is 5.17. The molecule has 0 heterocycles. The molecule has 1 aromatic carbocycles. The summed E-state index contributed by atoms with van der Waals surface area (Å²) in [6.45, 7) is 5.80. The van der Waals surface area contributed by atoms with Crippen LogP contribution >= 0.6 is 0 Å². The molecule has 17 heavy (non-hydrogen) atoms. The van der Waals surface area contributed by atoms with Gasteiger partial charge in [-0.3, -0.25) is 0 Å². The maximum Gasteiger partial charge on any atom is 0.0101 e. The second kappa shape index (κ2) is 6.20. The summed E-state index contributed by atoms with van der Waals surface area (Å²) in [5, 5.41) is 3.73. The van der Waals surface area contributed by atoms with Gasteiger partial charge in [-0.1, -0.05) is 44.2 Å². The zero-order valence-corrected chi connectivity index (χ0v) is 11.2. The van der Waals surface area contributed by atoms with E-state index in [4.69, 9.17) is 0 Å². The van der Waals surface area contributed by atoms with Crippen molar-refractivity contribution >= 4 is 0 Å². The van der Waals surface area contributed by atoms with Crippen molar-refractivity contribution in [3.8, 4) is 0 Å². The lowest BCUT2D eigenvalue weighted by Crippen LogP contribution is -2.32. The molecular weight excluding hydrogens is 206 g/mol. The number of hydrogen-bond acceptors (Lipinski definition) is 1. The van der Waals surface area contributed by atoms with E-state index >= 15 is 0 Å². The van der Waals surface area contributed by atoms with Gasteiger partial charge in [-0.05, 0) is 49.6 Å². The first-order valence-corrected chi connectivity index (χ1v) is 7.08.